The molecule has 0 aliphatic carbocycles. The number of nitrogens with one attached hydrogen (secondary N) is 1. The quantitative estimate of drug-likeness (QED) is 0.717. The Morgan fingerprint density at radius 1 is 1.24 bits per heavy atom. The Bertz CT molecular complexity index is 811. The summed E-state index contributed by atoms with van der Waals surface area (Å²) in [6, 6.07) is 1.92. The molecule has 0 spiro atoms. The van der Waals surface area contributed by atoms with Crippen molar-refractivity contribution in [3.8, 4) is 11.3 Å². The van der Waals surface area contributed by atoms with Gasteiger partial charge in [0.25, 0.3) is 0 Å². The average Bonchev–Trinajstić information content (AvgIpc) is 2.83. The van der Waals surface area contributed by atoms with E-state index in [-0.39, 0.29) is 5.41 Å². The standard InChI is InChI=1S/C16H19N5/c1-9-11(7-19-21-9)15-13(16(2,3)4)14(17)10-5-6-18-8-12(10)20-15/h5-8H,1-4H3,(H2,17,20)(H,19,21). The van der Waals surface area contributed by atoms with Gasteiger partial charge in [0.15, 0.2) is 0 Å². The normalized spacial score (nSPS) is 12.0. The van der Waals surface area contributed by atoms with E-state index < -0.39 is 0 Å². The van der Waals surface area contributed by atoms with Crippen LogP contribution < -0.4 is 5.73 Å². The Kier molecular flexibility index (Phi) is 2.93. The zero-order valence-corrected chi connectivity index (χ0v) is 12.7. The highest BCUT2D eigenvalue weighted by atomic mass is 15.1. The zero-order valence-electron chi connectivity index (χ0n) is 12.7. The maximum atomic E-state index is 6.46. The van der Waals surface area contributed by atoms with E-state index in [0.717, 1.165) is 39.1 Å². The highest BCUT2D eigenvalue weighted by Crippen LogP contribution is 2.39. The van der Waals surface area contributed by atoms with Gasteiger partial charge in [-0.25, -0.2) is 4.98 Å². The second-order valence-corrected chi connectivity index (χ2v) is 6.28. The summed E-state index contributed by atoms with van der Waals surface area (Å²) >= 11 is 0. The minimum atomic E-state index is -0.117. The third-order valence-corrected chi connectivity index (χ3v) is 3.66. The molecule has 0 fully saturated rings. The number of hydrogen-bond donors (Lipinski definition) is 2. The van der Waals surface area contributed by atoms with Gasteiger partial charge in [0.05, 0.1) is 23.1 Å². The van der Waals surface area contributed by atoms with E-state index in [2.05, 4.69) is 36.0 Å². The third kappa shape index (κ3) is 2.14. The lowest BCUT2D eigenvalue weighted by molar-refractivity contribution is 0.593. The Balaban J connectivity index is 2.45. The molecular formula is C16H19N5. The molecule has 3 heterocycles. The molecule has 0 bridgehead atoms. The van der Waals surface area contributed by atoms with Gasteiger partial charge in [-0.05, 0) is 18.4 Å². The minimum absolute atomic E-state index is 0.117. The second-order valence-electron chi connectivity index (χ2n) is 6.28. The van der Waals surface area contributed by atoms with E-state index in [1.807, 2.05) is 19.2 Å². The molecule has 0 atom stereocenters. The molecular weight excluding hydrogens is 262 g/mol. The molecule has 108 valence electrons. The molecule has 0 radical (unpaired) electrons. The predicted molar refractivity (Wildman–Crippen MR) is 85.0 cm³/mol. The van der Waals surface area contributed by atoms with Crippen LogP contribution in [0.15, 0.2) is 24.7 Å². The Hall–Kier alpha value is -2.43. The molecule has 0 aliphatic rings. The molecule has 21 heavy (non-hydrogen) atoms. The fourth-order valence-electron chi connectivity index (χ4n) is 2.69. The number of anilines is 1. The molecule has 0 aromatic carbocycles. The van der Waals surface area contributed by atoms with Crippen molar-refractivity contribution >= 4 is 16.6 Å². The van der Waals surface area contributed by atoms with Crippen molar-refractivity contribution < 1.29 is 0 Å². The van der Waals surface area contributed by atoms with Crippen molar-refractivity contribution in [1.29, 1.82) is 0 Å². The molecule has 0 amide bonds. The van der Waals surface area contributed by atoms with Crippen molar-refractivity contribution in [1.82, 2.24) is 20.2 Å². The van der Waals surface area contributed by atoms with Gasteiger partial charge in [0, 0.05) is 34.6 Å². The molecule has 3 aromatic rings. The van der Waals surface area contributed by atoms with Gasteiger partial charge in [-0.1, -0.05) is 20.8 Å². The highest BCUT2D eigenvalue weighted by molar-refractivity contribution is 5.95. The Morgan fingerprint density at radius 2 is 2.00 bits per heavy atom. The van der Waals surface area contributed by atoms with Gasteiger partial charge < -0.3 is 5.73 Å². The molecule has 5 nitrogen and oxygen atoms in total. The lowest BCUT2D eigenvalue weighted by Gasteiger charge is -2.25. The van der Waals surface area contributed by atoms with Crippen molar-refractivity contribution in [3.63, 3.8) is 0 Å². The van der Waals surface area contributed by atoms with E-state index in [1.165, 1.54) is 0 Å². The number of nitrogens with two attached hydrogens (primary N) is 1. The molecule has 0 saturated carbocycles. The lowest BCUT2D eigenvalue weighted by atomic mass is 9.82. The zero-order chi connectivity index (χ0) is 15.2. The molecule has 0 unspecified atom stereocenters. The maximum Gasteiger partial charge on any atom is 0.0913 e. The number of nitrogen functional groups attached to an aromatic ring is 1. The smallest absolute Gasteiger partial charge is 0.0913 e. The summed E-state index contributed by atoms with van der Waals surface area (Å²) in [4.78, 5) is 8.95. The number of aromatic nitrogens is 4. The van der Waals surface area contributed by atoms with E-state index >= 15 is 0 Å². The van der Waals surface area contributed by atoms with Gasteiger partial charge in [0.1, 0.15) is 0 Å². The van der Waals surface area contributed by atoms with Crippen LogP contribution in [0.4, 0.5) is 5.69 Å². The van der Waals surface area contributed by atoms with Crippen LogP contribution in [0.1, 0.15) is 32.0 Å². The topological polar surface area (TPSA) is 80.5 Å². The lowest BCUT2D eigenvalue weighted by Crippen LogP contribution is -2.17. The molecule has 0 aliphatic heterocycles. The number of fused-ring (bicyclic) bond motifs is 1. The van der Waals surface area contributed by atoms with Gasteiger partial charge in [-0.3, -0.25) is 10.1 Å². The van der Waals surface area contributed by atoms with Crippen LogP contribution in [0.5, 0.6) is 0 Å². The van der Waals surface area contributed by atoms with Crippen LogP contribution in [-0.4, -0.2) is 20.2 Å². The number of hydrogen-bond acceptors (Lipinski definition) is 4. The molecule has 5 heteroatoms. The Labute approximate surface area is 123 Å². The summed E-state index contributed by atoms with van der Waals surface area (Å²) in [6.45, 7) is 8.40. The van der Waals surface area contributed by atoms with Crippen LogP contribution in [-0.2, 0) is 5.41 Å². The van der Waals surface area contributed by atoms with E-state index in [4.69, 9.17) is 10.7 Å². The highest BCUT2D eigenvalue weighted by Gasteiger charge is 2.26. The summed E-state index contributed by atoms with van der Waals surface area (Å²) in [5, 5.41) is 8.04. The first kappa shape index (κ1) is 13.5. The Morgan fingerprint density at radius 3 is 2.62 bits per heavy atom. The van der Waals surface area contributed by atoms with Crippen molar-refractivity contribution in [2.45, 2.75) is 33.1 Å². The minimum Gasteiger partial charge on any atom is -0.398 e. The summed E-state index contributed by atoms with van der Waals surface area (Å²) in [7, 11) is 0. The van der Waals surface area contributed by atoms with E-state index in [1.54, 1.807) is 12.4 Å². The third-order valence-electron chi connectivity index (χ3n) is 3.66. The average molecular weight is 281 g/mol. The first-order valence-electron chi connectivity index (χ1n) is 6.94. The largest absolute Gasteiger partial charge is 0.398 e. The first-order valence-corrected chi connectivity index (χ1v) is 6.94. The van der Waals surface area contributed by atoms with E-state index in [0.29, 0.717) is 0 Å². The van der Waals surface area contributed by atoms with Crippen LogP contribution >= 0.6 is 0 Å². The molecule has 3 rings (SSSR count). The fourth-order valence-corrected chi connectivity index (χ4v) is 2.69. The second kappa shape index (κ2) is 4.55. The maximum absolute atomic E-state index is 6.46. The van der Waals surface area contributed by atoms with Gasteiger partial charge in [0.2, 0.25) is 0 Å². The number of aromatic amines is 1. The number of rotatable bonds is 1. The summed E-state index contributed by atoms with van der Waals surface area (Å²) in [6.07, 6.45) is 5.36. The number of aryl methyl sites for hydroxylation is 1. The fraction of sp³-hybridized carbons (Fsp3) is 0.312. The number of pyridine rings is 2. The summed E-state index contributed by atoms with van der Waals surface area (Å²) in [5.74, 6) is 0. The van der Waals surface area contributed by atoms with Gasteiger partial charge in [-0.15, -0.1) is 0 Å². The SMILES string of the molecule is Cc1n[nH]cc1-c1nc2cnccc2c(N)c1C(C)(C)C. The molecule has 3 N–H and O–H groups in total. The molecule has 0 saturated heterocycles. The van der Waals surface area contributed by atoms with Crippen molar-refractivity contribution in [2.75, 3.05) is 5.73 Å². The van der Waals surface area contributed by atoms with Gasteiger partial charge in [-0.2, -0.15) is 5.10 Å². The van der Waals surface area contributed by atoms with Crippen LogP contribution in [0, 0.1) is 6.92 Å². The first-order chi connectivity index (χ1) is 9.89. The van der Waals surface area contributed by atoms with E-state index in [9.17, 15) is 0 Å². The van der Waals surface area contributed by atoms with Gasteiger partial charge >= 0.3 is 0 Å². The van der Waals surface area contributed by atoms with Crippen LogP contribution in [0.2, 0.25) is 0 Å². The predicted octanol–water partition coefficient (Wildman–Crippen LogP) is 3.21. The summed E-state index contributed by atoms with van der Waals surface area (Å²) < 4.78 is 0. The monoisotopic (exact) mass is 281 g/mol. The number of H-pyrrole nitrogens is 1. The summed E-state index contributed by atoms with van der Waals surface area (Å²) in [5.41, 5.74) is 11.7. The van der Waals surface area contributed by atoms with Crippen LogP contribution in [0.3, 0.4) is 0 Å². The van der Waals surface area contributed by atoms with Crippen molar-refractivity contribution in [2.24, 2.45) is 0 Å². The van der Waals surface area contributed by atoms with Crippen LogP contribution in [0.25, 0.3) is 22.2 Å². The molecule has 3 aromatic heterocycles. The van der Waals surface area contributed by atoms with Crippen molar-refractivity contribution in [3.05, 3.63) is 35.9 Å². The number of nitrogens with zero attached hydrogens (tertiary/aromatic N) is 3.